The number of alkyl halides is 3. The topological polar surface area (TPSA) is 213 Å². The zero-order chi connectivity index (χ0) is 69.1. The van der Waals surface area contributed by atoms with E-state index in [1.807, 2.05) is 93.8 Å². The molecule has 8 heterocycles. The van der Waals surface area contributed by atoms with Crippen molar-refractivity contribution in [2.24, 2.45) is 0 Å². The maximum atomic E-state index is 13.8. The number of likely N-dealkylation sites (N-methyl/N-ethyl adjacent to an activating group) is 4. The van der Waals surface area contributed by atoms with Crippen molar-refractivity contribution < 1.29 is 56.6 Å². The van der Waals surface area contributed by atoms with Crippen LogP contribution >= 0.6 is 0 Å². The minimum absolute atomic E-state index is 0.00709. The Bertz CT molecular complexity index is 4720. The molecule has 0 fully saturated rings. The van der Waals surface area contributed by atoms with E-state index in [1.54, 1.807) is 55.2 Å². The van der Waals surface area contributed by atoms with Crippen LogP contribution in [0.4, 0.5) is 22.0 Å². The van der Waals surface area contributed by atoms with Crippen molar-refractivity contribution in [3.05, 3.63) is 154 Å². The Hall–Kier alpha value is -8.79. The summed E-state index contributed by atoms with van der Waals surface area (Å²) in [5, 5.41) is 43.4. The maximum absolute atomic E-state index is 13.8. The molecule has 0 atom stereocenters. The van der Waals surface area contributed by atoms with Gasteiger partial charge in [0.25, 0.3) is 0 Å². The molecule has 0 radical (unpaired) electrons. The lowest BCUT2D eigenvalue weighted by Gasteiger charge is -2.17. The van der Waals surface area contributed by atoms with Crippen LogP contribution in [0.15, 0.2) is 114 Å². The average molecular weight is 1330 g/mol. The fourth-order valence-corrected chi connectivity index (χ4v) is 12.5. The molecule has 0 saturated carbocycles. The predicted octanol–water partition coefficient (Wildman–Crippen LogP) is 10.00. The van der Waals surface area contributed by atoms with Crippen LogP contribution in [-0.4, -0.2) is 207 Å². The van der Waals surface area contributed by atoms with E-state index in [4.69, 9.17) is 34.6 Å². The number of hydrogen-bond acceptors (Lipinski definition) is 15. The molecule has 20 nitrogen and oxygen atoms in total. The van der Waals surface area contributed by atoms with Crippen LogP contribution in [0.25, 0.3) is 87.2 Å². The van der Waals surface area contributed by atoms with Gasteiger partial charge in [-0.05, 0) is 110 Å². The zero-order valence-corrected chi connectivity index (χ0v) is 55.9. The molecule has 0 spiro atoms. The third kappa shape index (κ3) is 15.9. The number of aliphatic hydroxyl groups excluding tert-OH is 4. The molecule has 0 bridgehead atoms. The predicted molar refractivity (Wildman–Crippen MR) is 369 cm³/mol. The minimum Gasteiger partial charge on any atom is -0.497 e. The normalized spacial score (nSPS) is 11.9. The standard InChI is InChI=1S/C18H20F3N3O2.C18H22FN3O2.C18H23N3O2.C17H20FN3O2/c1-23(9-10-25)7-8-24-15-11-12(26-2)3-4-13(15)14-5-6-22-17(16(14)24)18(19,20)21;1-12-18-15(11-17(19)20-12)14-5-4-13(24-3)10-16(14)22(18)7-6-21(2)8-9-23;1-13-18-16(6-7-19-13)15-5-4-14(23-3)12-17(15)21(18)9-8-20(2)10-11-22;1-11-17-14(10-16(18)19-11)13-4-3-12(23)9-15(13)21(17)6-5-20(2)7-8-22/h3-6,11,25H,7-10H2,1-2H3;4-5,10-11,23H,6-9H2,1-3H3;4-7,12,22H,8-11H2,1-3H3;3-4,9-10,19,22H,5-8H2,1-2H3. The van der Waals surface area contributed by atoms with Crippen molar-refractivity contribution >= 4 is 87.2 Å². The molecule has 0 aliphatic rings. The van der Waals surface area contributed by atoms with Gasteiger partial charge in [0.2, 0.25) is 5.95 Å². The fourth-order valence-electron chi connectivity index (χ4n) is 12.5. The van der Waals surface area contributed by atoms with Crippen LogP contribution < -0.4 is 19.6 Å². The second kappa shape index (κ2) is 31.8. The molecule has 0 amide bonds. The second-order valence-corrected chi connectivity index (χ2v) is 23.8. The van der Waals surface area contributed by atoms with Gasteiger partial charge in [0.15, 0.2) is 17.1 Å². The van der Waals surface area contributed by atoms with E-state index in [2.05, 4.69) is 57.1 Å². The summed E-state index contributed by atoms with van der Waals surface area (Å²) in [6.45, 7) is 13.8. The molecule has 4 aromatic carbocycles. The van der Waals surface area contributed by atoms with E-state index in [0.717, 1.165) is 110 Å². The molecular weight excluding hydrogens is 1240 g/mol. The van der Waals surface area contributed by atoms with Gasteiger partial charge in [-0.1, -0.05) is 0 Å². The van der Waals surface area contributed by atoms with Crippen molar-refractivity contribution in [2.75, 3.05) is 128 Å². The number of hydrogen-bond donors (Lipinski definition) is 5. The molecule has 0 saturated heterocycles. The largest absolute Gasteiger partial charge is 0.497 e. The highest BCUT2D eigenvalue weighted by atomic mass is 19.4. The van der Waals surface area contributed by atoms with Crippen LogP contribution in [0.1, 0.15) is 22.8 Å². The summed E-state index contributed by atoms with van der Waals surface area (Å²) in [6.07, 6.45) is -1.49. The second-order valence-electron chi connectivity index (χ2n) is 23.8. The Morgan fingerprint density at radius 1 is 0.448 bits per heavy atom. The van der Waals surface area contributed by atoms with E-state index < -0.39 is 23.8 Å². The monoisotopic (exact) mass is 1330 g/mol. The van der Waals surface area contributed by atoms with Gasteiger partial charge in [0.05, 0.1) is 103 Å². The molecule has 0 unspecified atom stereocenters. The molecule has 5 N–H and O–H groups in total. The van der Waals surface area contributed by atoms with Crippen LogP contribution in [-0.2, 0) is 32.4 Å². The number of aliphatic hydroxyl groups is 4. The zero-order valence-electron chi connectivity index (χ0n) is 55.9. The number of rotatable bonds is 23. The van der Waals surface area contributed by atoms with E-state index in [1.165, 1.54) is 47.8 Å². The molecular formula is C71H85F5N12O8. The van der Waals surface area contributed by atoms with Gasteiger partial charge in [-0.3, -0.25) is 9.78 Å². The number of nitrogens with zero attached hydrogens (tertiary/aromatic N) is 11. The molecule has 25 heteroatoms. The summed E-state index contributed by atoms with van der Waals surface area (Å²) in [6, 6.07) is 28.8. The van der Waals surface area contributed by atoms with Crippen LogP contribution in [0.3, 0.4) is 0 Å². The lowest BCUT2D eigenvalue weighted by molar-refractivity contribution is -0.140. The van der Waals surface area contributed by atoms with Crippen molar-refractivity contribution in [1.29, 1.82) is 0 Å². The summed E-state index contributed by atoms with van der Waals surface area (Å²) >= 11 is 0. The first kappa shape index (κ1) is 71.5. The van der Waals surface area contributed by atoms with Gasteiger partial charge in [-0.25, -0.2) is 9.97 Å². The van der Waals surface area contributed by atoms with Crippen molar-refractivity contribution in [3.8, 4) is 17.2 Å². The quantitative estimate of drug-likeness (QED) is 0.0298. The lowest BCUT2D eigenvalue weighted by Crippen LogP contribution is -2.26. The number of halogens is 5. The smallest absolute Gasteiger partial charge is 0.435 e. The fraction of sp³-hybridized carbons (Fsp3) is 0.380. The van der Waals surface area contributed by atoms with E-state index in [0.29, 0.717) is 68.2 Å². The SMILES string of the molecule is COc1ccc2c3cc(F)nc(C)c3n(CCN(C)CCO)c2c1.COc1ccc2c3ccnc(C(F)(F)F)c3n(CCN(C)CCO)c2c1.COc1ccc2c3ccnc(C)c3n(CCN(C)CCO)c2c1.Cc1[nH]c(F)cc2c3ccc(=O)cc3n(CCN(C)CCO)c12. The van der Waals surface area contributed by atoms with Crippen molar-refractivity contribution in [2.45, 2.75) is 53.1 Å². The van der Waals surface area contributed by atoms with Crippen LogP contribution in [0.5, 0.6) is 17.2 Å². The van der Waals surface area contributed by atoms with Gasteiger partial charge in [0.1, 0.15) is 17.2 Å². The van der Waals surface area contributed by atoms with Gasteiger partial charge in [-0.2, -0.15) is 22.0 Å². The Morgan fingerprint density at radius 2 is 0.823 bits per heavy atom. The molecule has 96 heavy (non-hydrogen) atoms. The van der Waals surface area contributed by atoms with Crippen molar-refractivity contribution in [3.63, 3.8) is 0 Å². The highest BCUT2D eigenvalue weighted by Gasteiger charge is 2.37. The number of aryl methyl sites for hydroxylation is 3. The third-order valence-electron chi connectivity index (χ3n) is 17.4. The van der Waals surface area contributed by atoms with Gasteiger partial charge >= 0.3 is 6.18 Å². The number of pyridine rings is 4. The van der Waals surface area contributed by atoms with Gasteiger partial charge in [0, 0.05) is 176 Å². The summed E-state index contributed by atoms with van der Waals surface area (Å²) < 4.78 is 92.3. The first-order chi connectivity index (χ1) is 46.1. The number of fused-ring (bicyclic) bond motifs is 12. The summed E-state index contributed by atoms with van der Waals surface area (Å²) in [5.74, 6) is 1.34. The number of aromatic amines is 1. The number of methoxy groups -OCH3 is 3. The first-order valence-electron chi connectivity index (χ1n) is 31.6. The van der Waals surface area contributed by atoms with Crippen molar-refractivity contribution in [1.82, 2.24) is 57.8 Å². The lowest BCUT2D eigenvalue weighted by atomic mass is 10.1. The number of ether oxygens (including phenoxy) is 3. The molecule has 12 aromatic rings. The Balaban J connectivity index is 0.000000150. The molecule has 8 aromatic heterocycles. The number of H-pyrrole nitrogens is 1. The summed E-state index contributed by atoms with van der Waals surface area (Å²) in [4.78, 5) is 34.6. The molecule has 0 aliphatic heterocycles. The highest BCUT2D eigenvalue weighted by molar-refractivity contribution is 6.11. The third-order valence-corrected chi connectivity index (χ3v) is 17.4. The van der Waals surface area contributed by atoms with E-state index in [-0.39, 0.29) is 37.4 Å². The molecule has 512 valence electrons. The average Bonchev–Trinajstić information content (AvgIpc) is 1.68. The number of aromatic nitrogens is 8. The number of benzene rings is 4. The molecule has 12 rings (SSSR count). The summed E-state index contributed by atoms with van der Waals surface area (Å²) in [7, 11) is 12.6. The van der Waals surface area contributed by atoms with Crippen LogP contribution in [0, 0.1) is 32.7 Å². The van der Waals surface area contributed by atoms with E-state index in [9.17, 15) is 26.7 Å². The van der Waals surface area contributed by atoms with Crippen LogP contribution in [0.2, 0.25) is 0 Å². The number of nitrogens with one attached hydrogen (secondary N) is 1. The first-order valence-corrected chi connectivity index (χ1v) is 31.6. The minimum atomic E-state index is -4.55. The highest BCUT2D eigenvalue weighted by Crippen LogP contribution is 2.40. The summed E-state index contributed by atoms with van der Waals surface area (Å²) in [5.41, 5.74) is 8.20. The van der Waals surface area contributed by atoms with Gasteiger partial charge in [-0.15, -0.1) is 0 Å². The van der Waals surface area contributed by atoms with Gasteiger partial charge < -0.3 is 77.5 Å². The van der Waals surface area contributed by atoms with E-state index >= 15 is 0 Å². The Morgan fingerprint density at radius 3 is 1.26 bits per heavy atom. The maximum Gasteiger partial charge on any atom is 0.435 e. The molecule has 0 aliphatic carbocycles. The Labute approximate surface area is 552 Å². The Kier molecular flexibility index (Phi) is 23.7.